The highest BCUT2D eigenvalue weighted by atomic mass is 32.1. The second-order valence-corrected chi connectivity index (χ2v) is 8.99. The molecule has 3 aromatic carbocycles. The van der Waals surface area contributed by atoms with Crippen molar-refractivity contribution in [3.63, 3.8) is 0 Å². The zero-order chi connectivity index (χ0) is 25.4. The first-order valence-corrected chi connectivity index (χ1v) is 12.0. The maximum atomic E-state index is 15.1. The van der Waals surface area contributed by atoms with Gasteiger partial charge in [-0.05, 0) is 55.5 Å². The number of halogens is 1. The zero-order valence-electron chi connectivity index (χ0n) is 19.4. The molecule has 1 aliphatic rings. The Morgan fingerprint density at radius 2 is 1.81 bits per heavy atom. The van der Waals surface area contributed by atoms with Gasteiger partial charge in [0.15, 0.2) is 5.13 Å². The number of thiazole rings is 1. The molecule has 0 radical (unpaired) electrons. The zero-order valence-corrected chi connectivity index (χ0v) is 20.2. The van der Waals surface area contributed by atoms with E-state index in [0.717, 1.165) is 9.60 Å². The molecule has 5 rings (SSSR count). The molecule has 1 atom stereocenters. The van der Waals surface area contributed by atoms with Crippen LogP contribution in [0.5, 0.6) is 11.5 Å². The molecule has 7 nitrogen and oxygen atoms in total. The number of hydrogen-bond donors (Lipinski definition) is 1. The van der Waals surface area contributed by atoms with Crippen molar-refractivity contribution in [1.29, 1.82) is 0 Å². The number of carbonyl (C=O) groups is 2. The summed E-state index contributed by atoms with van der Waals surface area (Å²) in [6.45, 7) is 2.36. The van der Waals surface area contributed by atoms with E-state index in [9.17, 15) is 14.7 Å². The van der Waals surface area contributed by atoms with Crippen LogP contribution < -0.4 is 14.4 Å². The highest BCUT2D eigenvalue weighted by Crippen LogP contribution is 2.45. The first-order chi connectivity index (χ1) is 17.4. The number of Topliss-reactive ketones (excluding diaryl/α,β-unsaturated/α-hetero) is 1. The number of aliphatic hydroxyl groups excluding tert-OH is 1. The first-order valence-electron chi connectivity index (χ1n) is 11.2. The van der Waals surface area contributed by atoms with Crippen molar-refractivity contribution in [1.82, 2.24) is 4.98 Å². The van der Waals surface area contributed by atoms with E-state index in [-0.39, 0.29) is 16.3 Å². The second-order valence-electron chi connectivity index (χ2n) is 7.98. The monoisotopic (exact) mass is 504 g/mol. The number of nitrogens with zero attached hydrogens (tertiary/aromatic N) is 2. The Morgan fingerprint density at radius 1 is 1.08 bits per heavy atom. The minimum Gasteiger partial charge on any atom is -0.507 e. The first kappa shape index (κ1) is 23.5. The predicted octanol–water partition coefficient (Wildman–Crippen LogP) is 5.47. The summed E-state index contributed by atoms with van der Waals surface area (Å²) < 4.78 is 26.5. The summed E-state index contributed by atoms with van der Waals surface area (Å²) in [5.41, 5.74) is 0.745. The normalized spacial score (nSPS) is 17.1. The van der Waals surface area contributed by atoms with Crippen LogP contribution in [0.3, 0.4) is 0 Å². The SMILES string of the molecule is CCOc1ccc2nc(N3C(=O)C(=O)/C(=C(/O)c4ccc(OC)cc4)[C@H]3c3ccccc3F)sc2c1. The fourth-order valence-electron chi connectivity index (χ4n) is 4.18. The molecular formula is C27H21FN2O5S. The third-order valence-corrected chi connectivity index (χ3v) is 6.89. The molecule has 9 heteroatoms. The summed E-state index contributed by atoms with van der Waals surface area (Å²) in [4.78, 5) is 32.3. The Balaban J connectivity index is 1.69. The minimum atomic E-state index is -1.21. The predicted molar refractivity (Wildman–Crippen MR) is 135 cm³/mol. The van der Waals surface area contributed by atoms with Gasteiger partial charge in [-0.2, -0.15) is 0 Å². The van der Waals surface area contributed by atoms with E-state index in [4.69, 9.17) is 9.47 Å². The number of aliphatic hydroxyl groups is 1. The van der Waals surface area contributed by atoms with Crippen molar-refractivity contribution in [2.24, 2.45) is 0 Å². The van der Waals surface area contributed by atoms with Gasteiger partial charge >= 0.3 is 5.91 Å². The number of amides is 1. The molecule has 1 aromatic heterocycles. The van der Waals surface area contributed by atoms with Gasteiger partial charge in [-0.25, -0.2) is 9.37 Å². The molecular weight excluding hydrogens is 483 g/mol. The number of carbonyl (C=O) groups excluding carboxylic acids is 2. The lowest BCUT2D eigenvalue weighted by molar-refractivity contribution is -0.132. The Labute approximate surface area is 210 Å². The number of ether oxygens (including phenoxy) is 2. The van der Waals surface area contributed by atoms with E-state index in [0.29, 0.717) is 29.2 Å². The summed E-state index contributed by atoms with van der Waals surface area (Å²) in [6, 6.07) is 16.3. The summed E-state index contributed by atoms with van der Waals surface area (Å²) in [7, 11) is 1.51. The Kier molecular flexibility index (Phi) is 6.15. The maximum absolute atomic E-state index is 15.1. The van der Waals surface area contributed by atoms with Gasteiger partial charge in [0.2, 0.25) is 0 Å². The summed E-state index contributed by atoms with van der Waals surface area (Å²) in [5, 5.41) is 11.4. The third-order valence-electron chi connectivity index (χ3n) is 5.87. The van der Waals surface area contributed by atoms with Crippen LogP contribution in [-0.4, -0.2) is 35.5 Å². The highest BCUT2D eigenvalue weighted by molar-refractivity contribution is 7.22. The maximum Gasteiger partial charge on any atom is 0.301 e. The molecule has 1 saturated heterocycles. The van der Waals surface area contributed by atoms with Gasteiger partial charge in [-0.15, -0.1) is 0 Å². The molecule has 4 aromatic rings. The summed E-state index contributed by atoms with van der Waals surface area (Å²) >= 11 is 1.18. The number of rotatable bonds is 6. The van der Waals surface area contributed by atoms with Crippen LogP contribution in [0.4, 0.5) is 9.52 Å². The Hall–Kier alpha value is -4.24. The molecule has 182 valence electrons. The van der Waals surface area contributed by atoms with E-state index in [1.807, 2.05) is 6.92 Å². The molecule has 0 aliphatic carbocycles. The molecule has 0 unspecified atom stereocenters. The number of benzene rings is 3. The fourth-order valence-corrected chi connectivity index (χ4v) is 5.20. The Morgan fingerprint density at radius 3 is 2.50 bits per heavy atom. The van der Waals surface area contributed by atoms with Gasteiger partial charge in [-0.3, -0.25) is 14.5 Å². The van der Waals surface area contributed by atoms with E-state index in [1.165, 1.54) is 36.6 Å². The Bertz CT molecular complexity index is 1510. The van der Waals surface area contributed by atoms with Crippen molar-refractivity contribution in [2.75, 3.05) is 18.6 Å². The standard InChI is InChI=1S/C27H21FN2O5S/c1-3-35-17-12-13-20-21(14-17)36-27(29-20)30-23(18-6-4-5-7-19(18)28)22(25(32)26(30)33)24(31)15-8-10-16(34-2)11-9-15/h4-14,23,31H,3H2,1-2H3/b24-22+/t23-/m1/s1. The lowest BCUT2D eigenvalue weighted by Gasteiger charge is -2.23. The van der Waals surface area contributed by atoms with E-state index in [1.54, 1.807) is 48.5 Å². The number of aromatic nitrogens is 1. The molecule has 1 fully saturated rings. The second kappa shape index (κ2) is 9.43. The third kappa shape index (κ3) is 3.97. The fraction of sp³-hybridized carbons (Fsp3) is 0.148. The van der Waals surface area contributed by atoms with Crippen molar-refractivity contribution < 1.29 is 28.6 Å². The number of fused-ring (bicyclic) bond motifs is 1. The van der Waals surface area contributed by atoms with E-state index < -0.39 is 29.3 Å². The van der Waals surface area contributed by atoms with Crippen LogP contribution >= 0.6 is 11.3 Å². The summed E-state index contributed by atoms with van der Waals surface area (Å²) in [5.74, 6) is -1.65. The van der Waals surface area contributed by atoms with Crippen LogP contribution in [0.25, 0.3) is 16.0 Å². The van der Waals surface area contributed by atoms with Gasteiger partial charge in [0.05, 0.1) is 29.5 Å². The molecule has 0 spiro atoms. The van der Waals surface area contributed by atoms with Crippen molar-refractivity contribution in [2.45, 2.75) is 13.0 Å². The average Bonchev–Trinajstić information content (AvgIpc) is 3.42. The number of hydrogen-bond acceptors (Lipinski definition) is 7. The van der Waals surface area contributed by atoms with Crippen LogP contribution in [0, 0.1) is 5.82 Å². The van der Waals surface area contributed by atoms with Gasteiger partial charge < -0.3 is 14.6 Å². The minimum absolute atomic E-state index is 0.0704. The van der Waals surface area contributed by atoms with Crippen LogP contribution in [-0.2, 0) is 9.59 Å². The van der Waals surface area contributed by atoms with Gasteiger partial charge in [0, 0.05) is 11.1 Å². The van der Waals surface area contributed by atoms with Crippen molar-refractivity contribution in [3.8, 4) is 11.5 Å². The van der Waals surface area contributed by atoms with Crippen LogP contribution in [0.1, 0.15) is 24.1 Å². The smallest absolute Gasteiger partial charge is 0.301 e. The molecule has 1 N–H and O–H groups in total. The number of methoxy groups -OCH3 is 1. The molecule has 2 heterocycles. The molecule has 0 saturated carbocycles. The quantitative estimate of drug-likeness (QED) is 0.213. The number of ketones is 1. The van der Waals surface area contributed by atoms with Crippen molar-refractivity contribution in [3.05, 3.63) is 89.2 Å². The molecule has 1 aliphatic heterocycles. The number of anilines is 1. The van der Waals surface area contributed by atoms with Crippen molar-refractivity contribution >= 4 is 44.1 Å². The van der Waals surface area contributed by atoms with Gasteiger partial charge in [0.25, 0.3) is 5.78 Å². The average molecular weight is 505 g/mol. The largest absolute Gasteiger partial charge is 0.507 e. The van der Waals surface area contributed by atoms with Gasteiger partial charge in [0.1, 0.15) is 29.1 Å². The highest BCUT2D eigenvalue weighted by Gasteiger charge is 2.49. The topological polar surface area (TPSA) is 89.0 Å². The van der Waals surface area contributed by atoms with E-state index in [2.05, 4.69) is 4.98 Å². The summed E-state index contributed by atoms with van der Waals surface area (Å²) in [6.07, 6.45) is 0. The molecule has 36 heavy (non-hydrogen) atoms. The molecule has 0 bridgehead atoms. The molecule has 1 amide bonds. The van der Waals surface area contributed by atoms with Gasteiger partial charge in [-0.1, -0.05) is 29.5 Å². The van der Waals surface area contributed by atoms with Crippen LogP contribution in [0.2, 0.25) is 0 Å². The van der Waals surface area contributed by atoms with E-state index >= 15 is 4.39 Å². The lowest BCUT2D eigenvalue weighted by atomic mass is 9.95. The van der Waals surface area contributed by atoms with Crippen LogP contribution in [0.15, 0.2) is 72.3 Å². The lowest BCUT2D eigenvalue weighted by Crippen LogP contribution is -2.29.